The Morgan fingerprint density at radius 1 is 1.42 bits per heavy atom. The molecule has 0 saturated carbocycles. The van der Waals surface area contributed by atoms with Gasteiger partial charge in [-0.3, -0.25) is 10.2 Å². The Hall–Kier alpha value is -1.73. The summed E-state index contributed by atoms with van der Waals surface area (Å²) in [5, 5.41) is 0. The summed E-state index contributed by atoms with van der Waals surface area (Å²) in [7, 11) is 0. The monoisotopic (exact) mass is 272 g/mol. The van der Waals surface area contributed by atoms with E-state index in [9.17, 15) is 13.6 Å². The quantitative estimate of drug-likeness (QED) is 0.485. The first-order valence-electron chi connectivity index (χ1n) is 5.84. The van der Waals surface area contributed by atoms with E-state index in [2.05, 4.69) is 0 Å². The van der Waals surface area contributed by atoms with Crippen molar-refractivity contribution in [2.24, 2.45) is 5.84 Å². The lowest BCUT2D eigenvalue weighted by Crippen LogP contribution is -2.39. The van der Waals surface area contributed by atoms with E-state index < -0.39 is 29.4 Å². The van der Waals surface area contributed by atoms with Gasteiger partial charge in [0.25, 0.3) is 5.91 Å². The Balaban J connectivity index is 1.89. The third kappa shape index (κ3) is 3.18. The molecule has 0 spiro atoms. The molecule has 2 rings (SSSR count). The van der Waals surface area contributed by atoms with Gasteiger partial charge in [0, 0.05) is 0 Å². The van der Waals surface area contributed by atoms with Crippen molar-refractivity contribution in [3.8, 4) is 5.75 Å². The van der Waals surface area contributed by atoms with Crippen LogP contribution in [0.5, 0.6) is 5.75 Å². The van der Waals surface area contributed by atoms with Gasteiger partial charge in [-0.1, -0.05) is 6.07 Å². The van der Waals surface area contributed by atoms with Crippen LogP contribution in [0.4, 0.5) is 8.78 Å². The normalized spacial score (nSPS) is 22.3. The lowest BCUT2D eigenvalue weighted by atomic mass is 10.2. The molecule has 1 saturated heterocycles. The number of hydrazine groups is 1. The van der Waals surface area contributed by atoms with Crippen molar-refractivity contribution >= 4 is 5.91 Å². The van der Waals surface area contributed by atoms with Crippen molar-refractivity contribution in [2.75, 3.05) is 6.61 Å². The van der Waals surface area contributed by atoms with Crippen LogP contribution in [0, 0.1) is 11.6 Å². The molecule has 1 aromatic carbocycles. The van der Waals surface area contributed by atoms with Crippen molar-refractivity contribution in [3.63, 3.8) is 0 Å². The summed E-state index contributed by atoms with van der Waals surface area (Å²) in [6.07, 6.45) is 0.0377. The van der Waals surface area contributed by atoms with Gasteiger partial charge in [0.2, 0.25) is 0 Å². The fraction of sp³-hybridized carbons (Fsp3) is 0.417. The van der Waals surface area contributed by atoms with Gasteiger partial charge in [-0.2, -0.15) is 0 Å². The zero-order chi connectivity index (χ0) is 13.8. The zero-order valence-corrected chi connectivity index (χ0v) is 10.1. The maximum atomic E-state index is 13.3. The summed E-state index contributed by atoms with van der Waals surface area (Å²) in [5.41, 5.74) is 1.99. The summed E-state index contributed by atoms with van der Waals surface area (Å²) in [5.74, 6) is 2.60. The predicted octanol–water partition coefficient (Wildman–Crippen LogP) is 0.881. The van der Waals surface area contributed by atoms with E-state index in [1.54, 1.807) is 0 Å². The number of nitrogens with one attached hydrogen (secondary N) is 1. The van der Waals surface area contributed by atoms with E-state index in [1.165, 1.54) is 6.07 Å². The average molecular weight is 272 g/mol. The van der Waals surface area contributed by atoms with Crippen molar-refractivity contribution < 1.29 is 23.0 Å². The number of benzene rings is 1. The molecule has 1 heterocycles. The summed E-state index contributed by atoms with van der Waals surface area (Å²) in [6.45, 7) is -0.0216. The van der Waals surface area contributed by atoms with Crippen LogP contribution in [0.2, 0.25) is 0 Å². The van der Waals surface area contributed by atoms with Crippen molar-refractivity contribution in [3.05, 3.63) is 29.8 Å². The number of amides is 1. The Kier molecular flexibility index (Phi) is 4.28. The largest absolute Gasteiger partial charge is 0.485 e. The molecule has 1 aliphatic rings. The van der Waals surface area contributed by atoms with Gasteiger partial charge >= 0.3 is 0 Å². The number of para-hydroxylation sites is 1. The third-order valence-corrected chi connectivity index (χ3v) is 2.87. The lowest BCUT2D eigenvalue weighted by Gasteiger charge is -2.14. The second-order valence-electron chi connectivity index (χ2n) is 4.19. The van der Waals surface area contributed by atoms with Gasteiger partial charge < -0.3 is 9.47 Å². The van der Waals surface area contributed by atoms with Crippen LogP contribution in [0.1, 0.15) is 12.8 Å². The van der Waals surface area contributed by atoms with Crippen LogP contribution >= 0.6 is 0 Å². The highest BCUT2D eigenvalue weighted by Crippen LogP contribution is 2.24. The second kappa shape index (κ2) is 5.94. The molecule has 1 aliphatic heterocycles. The zero-order valence-electron chi connectivity index (χ0n) is 10.1. The summed E-state index contributed by atoms with van der Waals surface area (Å²) >= 11 is 0. The first-order chi connectivity index (χ1) is 9.11. The molecular weight excluding hydrogens is 258 g/mol. The molecule has 1 amide bonds. The number of hydrogen-bond donors (Lipinski definition) is 2. The number of carbonyl (C=O) groups is 1. The smallest absolute Gasteiger partial charge is 0.263 e. The van der Waals surface area contributed by atoms with Crippen LogP contribution in [-0.2, 0) is 9.53 Å². The summed E-state index contributed by atoms with van der Waals surface area (Å²) in [6, 6.07) is 3.47. The number of carbonyl (C=O) groups excluding carboxylic acids is 1. The third-order valence-electron chi connectivity index (χ3n) is 2.87. The molecule has 0 bridgehead atoms. The maximum absolute atomic E-state index is 13.3. The van der Waals surface area contributed by atoms with Crippen LogP contribution in [0.25, 0.3) is 0 Å². The molecule has 1 aromatic rings. The van der Waals surface area contributed by atoms with Crippen LogP contribution in [-0.4, -0.2) is 24.7 Å². The minimum atomic E-state index is -0.769. The number of halogens is 2. The highest BCUT2D eigenvalue weighted by atomic mass is 19.1. The van der Waals surface area contributed by atoms with Gasteiger partial charge in [-0.25, -0.2) is 14.6 Å². The summed E-state index contributed by atoms with van der Waals surface area (Å²) < 4.78 is 37.0. The fourth-order valence-corrected chi connectivity index (χ4v) is 1.91. The van der Waals surface area contributed by atoms with Crippen molar-refractivity contribution in [1.82, 2.24) is 5.43 Å². The van der Waals surface area contributed by atoms with E-state index in [0.29, 0.717) is 12.8 Å². The number of rotatable bonds is 4. The van der Waals surface area contributed by atoms with Gasteiger partial charge in [0.15, 0.2) is 17.4 Å². The standard InChI is InChI=1S/C12H14F2N2O3/c13-8-2-1-3-9(14)11(8)18-6-7-4-5-10(19-7)12(17)16-15/h1-3,7,10H,4-6,15H2,(H,16,17). The van der Waals surface area contributed by atoms with Gasteiger partial charge in [0.05, 0.1) is 6.10 Å². The number of nitrogens with two attached hydrogens (primary N) is 1. The SMILES string of the molecule is NNC(=O)C1CCC(COc2c(F)cccc2F)O1. The van der Waals surface area contributed by atoms with Gasteiger partial charge in [-0.15, -0.1) is 0 Å². The van der Waals surface area contributed by atoms with E-state index in [1.807, 2.05) is 5.43 Å². The van der Waals surface area contributed by atoms with E-state index in [4.69, 9.17) is 15.3 Å². The molecule has 7 heteroatoms. The van der Waals surface area contributed by atoms with Gasteiger partial charge in [0.1, 0.15) is 12.7 Å². The van der Waals surface area contributed by atoms with Crippen LogP contribution in [0.15, 0.2) is 18.2 Å². The highest BCUT2D eigenvalue weighted by Gasteiger charge is 2.31. The molecule has 2 unspecified atom stereocenters. The van der Waals surface area contributed by atoms with E-state index in [0.717, 1.165) is 12.1 Å². The average Bonchev–Trinajstić information content (AvgIpc) is 2.86. The molecule has 2 atom stereocenters. The highest BCUT2D eigenvalue weighted by molar-refractivity contribution is 5.80. The number of hydrogen-bond acceptors (Lipinski definition) is 4. The fourth-order valence-electron chi connectivity index (χ4n) is 1.91. The molecule has 3 N–H and O–H groups in total. The Labute approximate surface area is 108 Å². The van der Waals surface area contributed by atoms with Crippen LogP contribution < -0.4 is 16.0 Å². The molecule has 0 radical (unpaired) electrons. The van der Waals surface area contributed by atoms with Crippen molar-refractivity contribution in [2.45, 2.75) is 25.0 Å². The second-order valence-corrected chi connectivity index (χ2v) is 4.19. The Morgan fingerprint density at radius 3 is 2.74 bits per heavy atom. The molecule has 1 fully saturated rings. The van der Waals surface area contributed by atoms with E-state index in [-0.39, 0.29) is 12.7 Å². The topological polar surface area (TPSA) is 73.6 Å². The Morgan fingerprint density at radius 2 is 2.11 bits per heavy atom. The maximum Gasteiger partial charge on any atom is 0.263 e. The number of ether oxygens (including phenoxy) is 2. The predicted molar refractivity (Wildman–Crippen MR) is 62.1 cm³/mol. The molecule has 5 nitrogen and oxygen atoms in total. The molecular formula is C12H14F2N2O3. The molecule has 0 aliphatic carbocycles. The van der Waals surface area contributed by atoms with Crippen LogP contribution in [0.3, 0.4) is 0 Å². The Bertz CT molecular complexity index is 450. The first-order valence-corrected chi connectivity index (χ1v) is 5.84. The summed E-state index contributed by atoms with van der Waals surface area (Å²) in [4.78, 5) is 11.2. The molecule has 104 valence electrons. The van der Waals surface area contributed by atoms with E-state index >= 15 is 0 Å². The molecule has 0 aromatic heterocycles. The van der Waals surface area contributed by atoms with Crippen molar-refractivity contribution in [1.29, 1.82) is 0 Å². The minimum Gasteiger partial charge on any atom is -0.485 e. The first kappa shape index (κ1) is 13.7. The minimum absolute atomic E-state index is 0.0216. The van der Waals surface area contributed by atoms with Gasteiger partial charge in [-0.05, 0) is 25.0 Å². The molecule has 19 heavy (non-hydrogen) atoms. The lowest BCUT2D eigenvalue weighted by molar-refractivity contribution is -0.132.